The van der Waals surface area contributed by atoms with Gasteiger partial charge in [0.05, 0.1) is 17.9 Å². The summed E-state index contributed by atoms with van der Waals surface area (Å²) in [6.45, 7) is 0.351. The maximum Gasteiger partial charge on any atom is 0.246 e. The second kappa shape index (κ2) is 10.4. The Bertz CT molecular complexity index is 1250. The molecule has 1 N–H and O–H groups in total. The minimum Gasteiger partial charge on any atom is -0.495 e. The summed E-state index contributed by atoms with van der Waals surface area (Å²) in [5, 5.41) is 2.79. The molecule has 1 aliphatic heterocycles. The van der Waals surface area contributed by atoms with E-state index >= 15 is 0 Å². The van der Waals surface area contributed by atoms with Gasteiger partial charge in [0.2, 0.25) is 26.0 Å². The Balaban J connectivity index is 1.66. The molecule has 1 atom stereocenters. The lowest BCUT2D eigenvalue weighted by Gasteiger charge is -2.31. The van der Waals surface area contributed by atoms with Gasteiger partial charge in [0.1, 0.15) is 16.5 Å². The molecular weight excluding hydrogens is 485 g/mol. The average Bonchev–Trinajstić information content (AvgIpc) is 2.82. The first-order valence-electron chi connectivity index (χ1n) is 10.6. The van der Waals surface area contributed by atoms with Crippen molar-refractivity contribution in [2.45, 2.75) is 29.2 Å². The Morgan fingerprint density at radius 3 is 2.44 bits per heavy atom. The van der Waals surface area contributed by atoms with E-state index in [0.29, 0.717) is 18.4 Å². The molecule has 1 fully saturated rings. The van der Waals surface area contributed by atoms with Gasteiger partial charge in [-0.1, -0.05) is 12.1 Å². The third kappa shape index (κ3) is 5.57. The minimum atomic E-state index is -4.06. The molecule has 0 aromatic heterocycles. The number of hydrogen-bond acceptors (Lipinski definition) is 6. The van der Waals surface area contributed by atoms with Gasteiger partial charge < -0.3 is 10.1 Å². The summed E-state index contributed by atoms with van der Waals surface area (Å²) in [5.74, 6) is -1.55. The maximum absolute atomic E-state index is 13.7. The molecule has 1 amide bonds. The van der Waals surface area contributed by atoms with E-state index in [1.807, 2.05) is 0 Å². The fraction of sp³-hybridized carbons (Fsp3) is 0.409. The molecule has 1 aliphatic rings. The SMILES string of the molecule is COc1ccc(F)cc1S(=O)(=O)N1CCC[C@H](C(=O)NCc2ccc(S(=O)(=O)N(C)C)cc2)C1. The topological polar surface area (TPSA) is 113 Å². The molecule has 2 aromatic carbocycles. The van der Waals surface area contributed by atoms with Crippen molar-refractivity contribution >= 4 is 26.0 Å². The molecule has 34 heavy (non-hydrogen) atoms. The minimum absolute atomic E-state index is 0.0339. The number of carbonyl (C=O) groups is 1. The highest BCUT2D eigenvalue weighted by Gasteiger charge is 2.35. The molecule has 0 bridgehead atoms. The highest BCUT2D eigenvalue weighted by atomic mass is 32.2. The number of ether oxygens (including phenoxy) is 1. The lowest BCUT2D eigenvalue weighted by atomic mass is 9.99. The van der Waals surface area contributed by atoms with Crippen LogP contribution in [0.4, 0.5) is 4.39 Å². The van der Waals surface area contributed by atoms with Gasteiger partial charge in [0.15, 0.2) is 0 Å². The summed E-state index contributed by atoms with van der Waals surface area (Å²) in [5.41, 5.74) is 0.704. The average molecular weight is 514 g/mol. The lowest BCUT2D eigenvalue weighted by molar-refractivity contribution is -0.126. The third-order valence-corrected chi connectivity index (χ3v) is 9.38. The van der Waals surface area contributed by atoms with Gasteiger partial charge in [0.25, 0.3) is 0 Å². The van der Waals surface area contributed by atoms with Crippen LogP contribution >= 0.6 is 0 Å². The van der Waals surface area contributed by atoms with Gasteiger partial charge in [-0.15, -0.1) is 0 Å². The Hall–Kier alpha value is -2.54. The van der Waals surface area contributed by atoms with Gasteiger partial charge in [-0.25, -0.2) is 25.5 Å². The van der Waals surface area contributed by atoms with Crippen molar-refractivity contribution in [3.63, 3.8) is 0 Å². The number of methoxy groups -OCH3 is 1. The van der Waals surface area contributed by atoms with Crippen molar-refractivity contribution in [3.8, 4) is 5.75 Å². The third-order valence-electron chi connectivity index (χ3n) is 5.67. The van der Waals surface area contributed by atoms with Gasteiger partial charge in [-0.3, -0.25) is 4.79 Å². The van der Waals surface area contributed by atoms with E-state index in [1.165, 1.54) is 43.7 Å². The van der Waals surface area contributed by atoms with Crippen LogP contribution in [0.5, 0.6) is 5.75 Å². The fourth-order valence-electron chi connectivity index (χ4n) is 3.69. The first kappa shape index (κ1) is 26.1. The van der Waals surface area contributed by atoms with E-state index in [1.54, 1.807) is 12.1 Å². The zero-order valence-corrected chi connectivity index (χ0v) is 20.8. The normalized spacial score (nSPS) is 17.5. The smallest absolute Gasteiger partial charge is 0.246 e. The molecular formula is C22H28FN3O6S2. The predicted molar refractivity (Wildman–Crippen MR) is 124 cm³/mol. The zero-order valence-electron chi connectivity index (χ0n) is 19.2. The summed E-state index contributed by atoms with van der Waals surface area (Å²) >= 11 is 0. The second-order valence-electron chi connectivity index (χ2n) is 8.15. The largest absolute Gasteiger partial charge is 0.495 e. The van der Waals surface area contributed by atoms with Crippen molar-refractivity contribution in [2.24, 2.45) is 5.92 Å². The van der Waals surface area contributed by atoms with Crippen molar-refractivity contribution in [2.75, 3.05) is 34.3 Å². The van der Waals surface area contributed by atoms with E-state index in [4.69, 9.17) is 4.74 Å². The molecule has 9 nitrogen and oxygen atoms in total. The van der Waals surface area contributed by atoms with Crippen LogP contribution in [0.1, 0.15) is 18.4 Å². The van der Waals surface area contributed by atoms with Crippen molar-refractivity contribution in [1.82, 2.24) is 13.9 Å². The van der Waals surface area contributed by atoms with Gasteiger partial charge in [-0.2, -0.15) is 4.31 Å². The molecule has 0 radical (unpaired) electrons. The molecule has 0 saturated carbocycles. The van der Waals surface area contributed by atoms with Gasteiger partial charge in [-0.05, 0) is 48.7 Å². The van der Waals surface area contributed by atoms with Crippen LogP contribution in [-0.2, 0) is 31.4 Å². The standard InChI is InChI=1S/C22H28FN3O6S2/c1-25(2)33(28,29)19-9-6-16(7-10-19)14-24-22(27)17-5-4-12-26(15-17)34(30,31)21-13-18(23)8-11-20(21)32-3/h6-11,13,17H,4-5,12,14-15H2,1-3H3,(H,24,27)/t17-/m0/s1. The number of carbonyl (C=O) groups excluding carboxylic acids is 1. The van der Waals surface area contributed by atoms with Gasteiger partial charge in [0, 0.05) is 33.7 Å². The highest BCUT2D eigenvalue weighted by Crippen LogP contribution is 2.30. The summed E-state index contributed by atoms with van der Waals surface area (Å²) in [4.78, 5) is 12.6. The molecule has 0 unspecified atom stereocenters. The second-order valence-corrected chi connectivity index (χ2v) is 12.2. The van der Waals surface area contributed by atoms with Crippen molar-refractivity contribution in [1.29, 1.82) is 0 Å². The van der Waals surface area contributed by atoms with Crippen LogP contribution < -0.4 is 10.1 Å². The quantitative estimate of drug-likeness (QED) is 0.576. The van der Waals surface area contributed by atoms with Crippen LogP contribution in [0.25, 0.3) is 0 Å². The Kier molecular flexibility index (Phi) is 7.96. The maximum atomic E-state index is 13.7. The molecule has 3 rings (SSSR count). The number of sulfonamides is 2. The number of nitrogens with zero attached hydrogens (tertiary/aromatic N) is 2. The summed E-state index contributed by atoms with van der Waals surface area (Å²) in [6, 6.07) is 9.46. The fourth-order valence-corrected chi connectivity index (χ4v) is 6.28. The molecule has 0 aliphatic carbocycles. The molecule has 0 spiro atoms. The Labute approximate surface area is 199 Å². The molecule has 1 saturated heterocycles. The van der Waals surface area contributed by atoms with Crippen molar-refractivity contribution < 1.29 is 30.8 Å². The Morgan fingerprint density at radius 2 is 1.82 bits per heavy atom. The summed E-state index contributed by atoms with van der Waals surface area (Å²) in [6.07, 6.45) is 0.990. The molecule has 12 heteroatoms. The monoisotopic (exact) mass is 513 g/mol. The van der Waals surface area contributed by atoms with E-state index < -0.39 is 31.8 Å². The summed E-state index contributed by atoms with van der Waals surface area (Å²) < 4.78 is 71.7. The van der Waals surface area contributed by atoms with Crippen LogP contribution in [0.2, 0.25) is 0 Å². The van der Waals surface area contributed by atoms with Crippen LogP contribution in [0.3, 0.4) is 0 Å². The first-order valence-corrected chi connectivity index (χ1v) is 13.5. The van der Waals surface area contributed by atoms with Crippen LogP contribution in [-0.4, -0.2) is 65.6 Å². The zero-order chi connectivity index (χ0) is 25.1. The number of nitrogens with one attached hydrogen (secondary N) is 1. The number of halogens is 1. The predicted octanol–water partition coefficient (Wildman–Crippen LogP) is 1.80. The highest BCUT2D eigenvalue weighted by molar-refractivity contribution is 7.89. The number of benzene rings is 2. The van der Waals surface area contributed by atoms with E-state index in [2.05, 4.69) is 5.32 Å². The number of amides is 1. The molecule has 1 heterocycles. The molecule has 186 valence electrons. The van der Waals surface area contributed by atoms with E-state index in [-0.39, 0.29) is 41.1 Å². The van der Waals surface area contributed by atoms with Gasteiger partial charge >= 0.3 is 0 Å². The summed E-state index contributed by atoms with van der Waals surface area (Å²) in [7, 11) is -3.40. The van der Waals surface area contributed by atoms with E-state index in [9.17, 15) is 26.0 Å². The molecule has 2 aromatic rings. The van der Waals surface area contributed by atoms with Crippen LogP contribution in [0.15, 0.2) is 52.3 Å². The van der Waals surface area contributed by atoms with Crippen LogP contribution in [0, 0.1) is 11.7 Å². The first-order chi connectivity index (χ1) is 16.0. The van der Waals surface area contributed by atoms with E-state index in [0.717, 1.165) is 16.4 Å². The van der Waals surface area contributed by atoms with Crippen molar-refractivity contribution in [3.05, 3.63) is 53.8 Å². The lowest BCUT2D eigenvalue weighted by Crippen LogP contribution is -2.45. The number of hydrogen-bond donors (Lipinski definition) is 1. The number of piperidine rings is 1. The Morgan fingerprint density at radius 1 is 1.15 bits per heavy atom. The number of rotatable bonds is 8.